The van der Waals surface area contributed by atoms with E-state index in [1.54, 1.807) is 11.9 Å². The quantitative estimate of drug-likeness (QED) is 0.882. The molecule has 7 nitrogen and oxygen atoms in total. The predicted octanol–water partition coefficient (Wildman–Crippen LogP) is 2.62. The molecule has 2 N–H and O–H groups in total. The van der Waals surface area contributed by atoms with Gasteiger partial charge < -0.3 is 15.5 Å². The maximum absolute atomic E-state index is 12.4. The molecule has 0 spiro atoms. The third-order valence-electron chi connectivity index (χ3n) is 4.30. The van der Waals surface area contributed by atoms with Crippen LogP contribution in [0.5, 0.6) is 0 Å². The normalized spacial score (nSPS) is 17.2. The van der Waals surface area contributed by atoms with E-state index in [2.05, 4.69) is 20.8 Å². The van der Waals surface area contributed by atoms with E-state index in [1.807, 2.05) is 31.2 Å². The second-order valence-corrected chi connectivity index (χ2v) is 7.06. The van der Waals surface area contributed by atoms with Gasteiger partial charge in [-0.15, -0.1) is 10.2 Å². The number of likely N-dealkylation sites (tertiary alicyclic amines) is 1. The average Bonchev–Trinajstić information content (AvgIpc) is 3.13. The molecule has 0 saturated carbocycles. The Labute approximate surface area is 150 Å². The Morgan fingerprint density at radius 1 is 1.28 bits per heavy atom. The van der Waals surface area contributed by atoms with Crippen LogP contribution in [0.2, 0.25) is 0 Å². The predicted molar refractivity (Wildman–Crippen MR) is 97.0 cm³/mol. The molecule has 2 heterocycles. The van der Waals surface area contributed by atoms with Crippen molar-refractivity contribution in [2.24, 2.45) is 0 Å². The third kappa shape index (κ3) is 3.96. The molecule has 3 amide bonds. The van der Waals surface area contributed by atoms with Gasteiger partial charge >= 0.3 is 6.03 Å². The summed E-state index contributed by atoms with van der Waals surface area (Å²) in [4.78, 5) is 26.0. The van der Waals surface area contributed by atoms with Crippen molar-refractivity contribution in [3.05, 3.63) is 39.8 Å². The maximum atomic E-state index is 12.4. The Balaban J connectivity index is 1.68. The summed E-state index contributed by atoms with van der Waals surface area (Å²) in [5.41, 5.74) is 1.77. The second kappa shape index (κ2) is 7.60. The van der Waals surface area contributed by atoms with Crippen molar-refractivity contribution >= 4 is 29.0 Å². The van der Waals surface area contributed by atoms with E-state index in [0.717, 1.165) is 35.6 Å². The number of piperidine rings is 1. The first kappa shape index (κ1) is 17.3. The third-order valence-corrected chi connectivity index (χ3v) is 5.38. The zero-order chi connectivity index (χ0) is 17.8. The number of anilines is 1. The van der Waals surface area contributed by atoms with Crippen molar-refractivity contribution in [3.8, 4) is 0 Å². The van der Waals surface area contributed by atoms with E-state index in [9.17, 15) is 9.59 Å². The van der Waals surface area contributed by atoms with Gasteiger partial charge in [0.05, 0.1) is 0 Å². The van der Waals surface area contributed by atoms with Crippen molar-refractivity contribution in [3.63, 3.8) is 0 Å². The molecule has 0 radical (unpaired) electrons. The van der Waals surface area contributed by atoms with Crippen LogP contribution in [0.15, 0.2) is 24.3 Å². The summed E-state index contributed by atoms with van der Waals surface area (Å²) in [6.07, 6.45) is 1.87. The van der Waals surface area contributed by atoms with Crippen LogP contribution in [0, 0.1) is 6.92 Å². The number of nitrogens with one attached hydrogen (secondary N) is 2. The lowest BCUT2D eigenvalue weighted by molar-refractivity contribution is 0.102. The Bertz CT molecular complexity index is 776. The molecule has 2 aromatic rings. The van der Waals surface area contributed by atoms with Crippen molar-refractivity contribution in [1.82, 2.24) is 20.4 Å². The highest BCUT2D eigenvalue weighted by Crippen LogP contribution is 2.29. The summed E-state index contributed by atoms with van der Waals surface area (Å²) in [5.74, 6) is -0.124. The van der Waals surface area contributed by atoms with Gasteiger partial charge in [-0.25, -0.2) is 4.79 Å². The van der Waals surface area contributed by atoms with Crippen LogP contribution < -0.4 is 10.6 Å². The fourth-order valence-corrected chi connectivity index (χ4v) is 3.77. The van der Waals surface area contributed by atoms with Gasteiger partial charge in [0.2, 0.25) is 5.01 Å². The van der Waals surface area contributed by atoms with Crippen LogP contribution in [0.3, 0.4) is 0 Å². The van der Waals surface area contributed by atoms with Crippen LogP contribution in [-0.2, 0) is 0 Å². The van der Waals surface area contributed by atoms with Crippen LogP contribution in [0.4, 0.5) is 10.5 Å². The maximum Gasteiger partial charge on any atom is 0.317 e. The molecule has 1 aromatic heterocycles. The zero-order valence-electron chi connectivity index (χ0n) is 14.3. The molecule has 132 valence electrons. The van der Waals surface area contributed by atoms with Gasteiger partial charge in [0.25, 0.3) is 5.91 Å². The first-order chi connectivity index (χ1) is 12.1. The van der Waals surface area contributed by atoms with Gasteiger partial charge in [0.1, 0.15) is 5.01 Å². The van der Waals surface area contributed by atoms with E-state index < -0.39 is 0 Å². The standard InChI is InChI=1S/C17H21N5O2S/c1-11-6-3-4-8-13(11)19-14(23)16-21-20-15(25-16)12-7-5-9-22(10-12)17(24)18-2/h3-4,6,8,12H,5,7,9-10H2,1-2H3,(H,18,24)(H,19,23)/t12-/m1/s1. The Morgan fingerprint density at radius 2 is 2.08 bits per heavy atom. The molecule has 1 saturated heterocycles. The van der Waals surface area contributed by atoms with Gasteiger partial charge in [-0.3, -0.25) is 4.79 Å². The Morgan fingerprint density at radius 3 is 2.84 bits per heavy atom. The lowest BCUT2D eigenvalue weighted by Crippen LogP contribution is -2.43. The number of urea groups is 1. The Hall–Kier alpha value is -2.48. The van der Waals surface area contributed by atoms with E-state index in [-0.39, 0.29) is 17.9 Å². The number of benzene rings is 1. The number of nitrogens with zero attached hydrogens (tertiary/aromatic N) is 3. The molecule has 0 aliphatic carbocycles. The van der Waals surface area contributed by atoms with Gasteiger partial charge in [-0.1, -0.05) is 29.5 Å². The summed E-state index contributed by atoms with van der Waals surface area (Å²) in [7, 11) is 1.63. The number of aromatic nitrogens is 2. The number of rotatable bonds is 3. The van der Waals surface area contributed by atoms with Crippen LogP contribution in [0.25, 0.3) is 0 Å². The molecule has 1 aliphatic rings. The molecule has 1 aliphatic heterocycles. The van der Waals surface area contributed by atoms with E-state index >= 15 is 0 Å². The number of amides is 3. The fourth-order valence-electron chi connectivity index (χ4n) is 2.90. The molecule has 0 unspecified atom stereocenters. The highest BCUT2D eigenvalue weighted by molar-refractivity contribution is 7.13. The molecular weight excluding hydrogens is 338 g/mol. The number of hydrogen-bond donors (Lipinski definition) is 2. The number of carbonyl (C=O) groups is 2. The van der Waals surface area contributed by atoms with Crippen LogP contribution in [-0.4, -0.2) is 47.2 Å². The lowest BCUT2D eigenvalue weighted by atomic mass is 9.99. The summed E-state index contributed by atoms with van der Waals surface area (Å²) >= 11 is 1.30. The number of hydrogen-bond acceptors (Lipinski definition) is 5. The lowest BCUT2D eigenvalue weighted by Gasteiger charge is -2.31. The van der Waals surface area contributed by atoms with Gasteiger partial charge in [0, 0.05) is 31.7 Å². The van der Waals surface area contributed by atoms with Crippen LogP contribution >= 0.6 is 11.3 Å². The minimum atomic E-state index is -0.253. The van der Waals surface area contributed by atoms with Crippen molar-refractivity contribution in [1.29, 1.82) is 0 Å². The molecule has 1 aromatic carbocycles. The minimum absolute atomic E-state index is 0.0771. The molecule has 25 heavy (non-hydrogen) atoms. The van der Waals surface area contributed by atoms with E-state index in [4.69, 9.17) is 0 Å². The first-order valence-corrected chi connectivity index (χ1v) is 9.07. The van der Waals surface area contributed by atoms with Crippen molar-refractivity contribution in [2.75, 3.05) is 25.5 Å². The molecule has 3 rings (SSSR count). The average molecular weight is 359 g/mol. The highest BCUT2D eigenvalue weighted by Gasteiger charge is 2.27. The van der Waals surface area contributed by atoms with Gasteiger partial charge in [-0.2, -0.15) is 0 Å². The van der Waals surface area contributed by atoms with Gasteiger partial charge in [0.15, 0.2) is 0 Å². The van der Waals surface area contributed by atoms with Gasteiger partial charge in [-0.05, 0) is 31.4 Å². The molecule has 0 bridgehead atoms. The Kier molecular flexibility index (Phi) is 5.28. The summed E-state index contributed by atoms with van der Waals surface area (Å²) in [6, 6.07) is 7.53. The van der Waals surface area contributed by atoms with Crippen molar-refractivity contribution < 1.29 is 9.59 Å². The molecular formula is C17H21N5O2S. The topological polar surface area (TPSA) is 87.2 Å². The molecule has 1 atom stereocenters. The largest absolute Gasteiger partial charge is 0.341 e. The minimum Gasteiger partial charge on any atom is -0.341 e. The zero-order valence-corrected chi connectivity index (χ0v) is 15.1. The van der Waals surface area contributed by atoms with E-state index in [1.165, 1.54) is 11.3 Å². The summed E-state index contributed by atoms with van der Waals surface area (Å²) in [6.45, 7) is 3.29. The first-order valence-electron chi connectivity index (χ1n) is 8.25. The number of para-hydroxylation sites is 1. The molecule has 1 fully saturated rings. The number of carbonyl (C=O) groups excluding carboxylic acids is 2. The highest BCUT2D eigenvalue weighted by atomic mass is 32.1. The van der Waals surface area contributed by atoms with E-state index in [0.29, 0.717) is 11.6 Å². The monoisotopic (exact) mass is 359 g/mol. The summed E-state index contributed by atoms with van der Waals surface area (Å²) in [5, 5.41) is 14.9. The van der Waals surface area contributed by atoms with Crippen LogP contribution in [0.1, 0.15) is 39.1 Å². The van der Waals surface area contributed by atoms with Crippen molar-refractivity contribution in [2.45, 2.75) is 25.7 Å². The second-order valence-electron chi connectivity index (χ2n) is 6.05. The number of aryl methyl sites for hydroxylation is 1. The fraction of sp³-hybridized carbons (Fsp3) is 0.412. The molecule has 8 heteroatoms. The smallest absolute Gasteiger partial charge is 0.317 e. The SMILES string of the molecule is CNC(=O)N1CCC[C@@H](c2nnc(C(=O)Nc3ccccc3C)s2)C1. The summed E-state index contributed by atoms with van der Waals surface area (Å²) < 4.78 is 0.